The van der Waals surface area contributed by atoms with E-state index in [1.165, 1.54) is 29.3 Å². The highest BCUT2D eigenvalue weighted by molar-refractivity contribution is 5.99. The van der Waals surface area contributed by atoms with Gasteiger partial charge in [-0.2, -0.15) is 0 Å². The van der Waals surface area contributed by atoms with Crippen molar-refractivity contribution in [1.29, 1.82) is 0 Å². The van der Waals surface area contributed by atoms with Gasteiger partial charge in [0.25, 0.3) is 11.8 Å². The van der Waals surface area contributed by atoms with E-state index in [1.807, 2.05) is 18.2 Å². The van der Waals surface area contributed by atoms with Crippen molar-refractivity contribution in [3.05, 3.63) is 77.7 Å². The van der Waals surface area contributed by atoms with Gasteiger partial charge in [0, 0.05) is 46.9 Å². The Hall–Kier alpha value is -3.41. The summed E-state index contributed by atoms with van der Waals surface area (Å²) in [4.78, 5) is 25.4. The molecule has 1 heterocycles. The van der Waals surface area contributed by atoms with Crippen molar-refractivity contribution in [3.63, 3.8) is 0 Å². The lowest BCUT2D eigenvalue weighted by Crippen LogP contribution is -2.49. The van der Waals surface area contributed by atoms with E-state index in [-0.39, 0.29) is 17.5 Å². The maximum Gasteiger partial charge on any atom is 0.269 e. The van der Waals surface area contributed by atoms with Crippen LogP contribution in [0, 0.1) is 11.7 Å². The van der Waals surface area contributed by atoms with Crippen molar-refractivity contribution < 1.29 is 14.0 Å². The second kappa shape index (κ2) is 10.3. The molecule has 5 nitrogen and oxygen atoms in total. The minimum Gasteiger partial charge on any atom is -0.347 e. The van der Waals surface area contributed by atoms with Crippen molar-refractivity contribution in [2.24, 2.45) is 5.92 Å². The van der Waals surface area contributed by atoms with Gasteiger partial charge in [0.2, 0.25) is 0 Å². The fourth-order valence-electron chi connectivity index (χ4n) is 3.47. The number of carbonyl (C=O) groups is 2. The molecule has 0 radical (unpaired) electrons. The molecule has 0 aliphatic heterocycles. The molecule has 1 N–H and O–H groups in total. The number of amides is 2. The molecule has 6 heteroatoms. The molecular weight excluding hydrogens is 405 g/mol. The van der Waals surface area contributed by atoms with Crippen LogP contribution in [-0.4, -0.2) is 27.4 Å². The predicted octanol–water partition coefficient (Wildman–Crippen LogP) is 5.42. The van der Waals surface area contributed by atoms with Crippen LogP contribution in [0.3, 0.4) is 0 Å². The van der Waals surface area contributed by atoms with E-state index >= 15 is 0 Å². The van der Waals surface area contributed by atoms with Crippen LogP contribution in [0.1, 0.15) is 50.0 Å². The number of para-hydroxylation sites is 1. The molecule has 0 unspecified atom stereocenters. The van der Waals surface area contributed by atoms with Crippen LogP contribution in [0.25, 0.3) is 17.0 Å². The molecule has 3 aromatic rings. The third kappa shape index (κ3) is 5.63. The van der Waals surface area contributed by atoms with Crippen molar-refractivity contribution >= 4 is 28.8 Å². The molecule has 0 fully saturated rings. The maximum atomic E-state index is 13.4. The smallest absolute Gasteiger partial charge is 0.269 e. The number of aromatic nitrogens is 1. The topological polar surface area (TPSA) is 54.3 Å². The second-order valence-corrected chi connectivity index (χ2v) is 8.56. The van der Waals surface area contributed by atoms with Crippen LogP contribution < -0.4 is 5.43 Å². The summed E-state index contributed by atoms with van der Waals surface area (Å²) in [7, 11) is 0. The summed E-state index contributed by atoms with van der Waals surface area (Å²) < 4.78 is 15.7. The first-order valence-corrected chi connectivity index (χ1v) is 10.9. The van der Waals surface area contributed by atoms with Gasteiger partial charge in [-0.05, 0) is 56.5 Å². The summed E-state index contributed by atoms with van der Waals surface area (Å²) in [5, 5.41) is 2.32. The summed E-state index contributed by atoms with van der Waals surface area (Å²) in [5.41, 5.74) is 4.81. The minimum absolute atomic E-state index is 0.153. The van der Waals surface area contributed by atoms with Crippen molar-refractivity contribution in [2.45, 2.75) is 46.7 Å². The lowest BCUT2D eigenvalue weighted by atomic mass is 10.1. The van der Waals surface area contributed by atoms with Crippen LogP contribution in [0.15, 0.2) is 60.8 Å². The number of nitrogens with zero attached hydrogens (tertiary/aromatic N) is 2. The number of hydrogen-bond acceptors (Lipinski definition) is 2. The zero-order valence-corrected chi connectivity index (χ0v) is 19.0. The van der Waals surface area contributed by atoms with Crippen molar-refractivity contribution in [3.8, 4) is 0 Å². The van der Waals surface area contributed by atoms with Crippen LogP contribution in [0.5, 0.6) is 0 Å². The Kier molecular flexibility index (Phi) is 7.46. The molecular formula is C26H30FN3O2. The fraction of sp³-hybridized carbons (Fsp3) is 0.308. The average Bonchev–Trinajstić information content (AvgIpc) is 3.11. The molecule has 0 aliphatic rings. The van der Waals surface area contributed by atoms with Gasteiger partial charge >= 0.3 is 0 Å². The van der Waals surface area contributed by atoms with Gasteiger partial charge in [0.05, 0.1) is 0 Å². The fourth-order valence-corrected chi connectivity index (χ4v) is 3.47. The molecule has 3 rings (SSSR count). The average molecular weight is 436 g/mol. The summed E-state index contributed by atoms with van der Waals surface area (Å²) in [6, 6.07) is 13.2. The molecule has 168 valence electrons. The molecule has 0 bridgehead atoms. The number of rotatable bonds is 7. The number of halogens is 1. The molecule has 0 saturated carbocycles. The van der Waals surface area contributed by atoms with Crippen molar-refractivity contribution in [2.75, 3.05) is 0 Å². The minimum atomic E-state index is -0.537. The summed E-state index contributed by atoms with van der Waals surface area (Å²) >= 11 is 0. The summed E-state index contributed by atoms with van der Waals surface area (Å²) in [5.74, 6) is -0.805. The van der Waals surface area contributed by atoms with Gasteiger partial charge in [0.1, 0.15) is 5.82 Å². The standard InChI is InChI=1S/C26H30FN3O2/c1-18(2)14-15-29-17-21(23-10-5-6-11-24(23)29)12-13-25(31)30(19(3)4)28-26(32)20-8-7-9-22(27)16-20/h5-13,16-19H,14-15H2,1-4H3,(H,28,32). The van der Waals surface area contributed by atoms with Crippen LogP contribution in [0.2, 0.25) is 0 Å². The van der Waals surface area contributed by atoms with Crippen LogP contribution >= 0.6 is 0 Å². The van der Waals surface area contributed by atoms with Gasteiger partial charge in [-0.25, -0.2) is 9.40 Å². The van der Waals surface area contributed by atoms with E-state index in [0.717, 1.165) is 35.5 Å². The van der Waals surface area contributed by atoms with E-state index < -0.39 is 11.7 Å². The van der Waals surface area contributed by atoms with Gasteiger partial charge in [-0.3, -0.25) is 15.0 Å². The molecule has 0 saturated heterocycles. The number of hydrazine groups is 1. The first-order chi connectivity index (χ1) is 15.3. The first kappa shape index (κ1) is 23.3. The third-order valence-corrected chi connectivity index (χ3v) is 5.23. The molecule has 1 aromatic heterocycles. The Labute approximate surface area is 188 Å². The van der Waals surface area contributed by atoms with Gasteiger partial charge in [0.15, 0.2) is 0 Å². The monoisotopic (exact) mass is 435 g/mol. The SMILES string of the molecule is CC(C)CCn1cc(C=CC(=O)N(NC(=O)c2cccc(F)c2)C(C)C)c2ccccc21. The maximum absolute atomic E-state index is 13.4. The zero-order valence-electron chi connectivity index (χ0n) is 19.0. The Morgan fingerprint density at radius 3 is 2.53 bits per heavy atom. The van der Waals surface area contributed by atoms with Gasteiger partial charge in [-0.1, -0.05) is 38.1 Å². The predicted molar refractivity (Wildman–Crippen MR) is 126 cm³/mol. The van der Waals surface area contributed by atoms with Crippen LogP contribution in [-0.2, 0) is 11.3 Å². The second-order valence-electron chi connectivity index (χ2n) is 8.56. The first-order valence-electron chi connectivity index (χ1n) is 10.9. The Morgan fingerprint density at radius 1 is 1.09 bits per heavy atom. The summed E-state index contributed by atoms with van der Waals surface area (Å²) in [6.07, 6.45) is 6.36. The number of fused-ring (bicyclic) bond motifs is 1. The normalized spacial score (nSPS) is 11.6. The van der Waals surface area contributed by atoms with E-state index in [2.05, 4.69) is 36.1 Å². The Balaban J connectivity index is 1.80. The molecule has 0 spiro atoms. The molecule has 2 amide bonds. The Bertz CT molecular complexity index is 1130. The Morgan fingerprint density at radius 2 is 1.84 bits per heavy atom. The summed E-state index contributed by atoms with van der Waals surface area (Å²) in [6.45, 7) is 8.90. The molecule has 2 aromatic carbocycles. The van der Waals surface area contributed by atoms with Gasteiger partial charge in [-0.15, -0.1) is 0 Å². The van der Waals surface area contributed by atoms with Crippen molar-refractivity contribution in [1.82, 2.24) is 15.0 Å². The molecule has 0 aliphatic carbocycles. The number of benzene rings is 2. The highest BCUT2D eigenvalue weighted by Gasteiger charge is 2.19. The lowest BCUT2D eigenvalue weighted by Gasteiger charge is -2.25. The zero-order chi connectivity index (χ0) is 23.3. The molecule has 32 heavy (non-hydrogen) atoms. The van der Waals surface area contributed by atoms with E-state index in [1.54, 1.807) is 19.9 Å². The highest BCUT2D eigenvalue weighted by Crippen LogP contribution is 2.23. The molecule has 0 atom stereocenters. The quantitative estimate of drug-likeness (QED) is 0.398. The van der Waals surface area contributed by atoms with E-state index in [9.17, 15) is 14.0 Å². The third-order valence-electron chi connectivity index (χ3n) is 5.23. The van der Waals surface area contributed by atoms with E-state index in [4.69, 9.17) is 0 Å². The number of hydrogen-bond donors (Lipinski definition) is 1. The number of aryl methyl sites for hydroxylation is 1. The number of nitrogens with one attached hydrogen (secondary N) is 1. The lowest BCUT2D eigenvalue weighted by molar-refractivity contribution is -0.130. The largest absolute Gasteiger partial charge is 0.347 e. The van der Waals surface area contributed by atoms with E-state index in [0.29, 0.717) is 5.92 Å². The number of carbonyl (C=O) groups excluding carboxylic acids is 2. The van der Waals surface area contributed by atoms with Crippen LogP contribution in [0.4, 0.5) is 4.39 Å². The van der Waals surface area contributed by atoms with Gasteiger partial charge < -0.3 is 4.57 Å². The highest BCUT2D eigenvalue weighted by atomic mass is 19.1.